The van der Waals surface area contributed by atoms with Gasteiger partial charge in [-0.3, -0.25) is 0 Å². The number of alkyl halides is 3. The molecule has 94 valence electrons. The van der Waals surface area contributed by atoms with Crippen LogP contribution >= 0.6 is 12.4 Å². The number of carboxylic acids is 1. The minimum absolute atomic E-state index is 0. The standard InChI is InChI=1S/C10H6F4O2.ClH/c11-9-6(4-5-8(15)16)2-1-3-7(9)10(12,13)14;/h1-5H,(H,15,16);1H. The third kappa shape index (κ3) is 4.07. The van der Waals surface area contributed by atoms with E-state index < -0.39 is 29.1 Å². The zero-order chi connectivity index (χ0) is 12.3. The van der Waals surface area contributed by atoms with Gasteiger partial charge in [0.05, 0.1) is 5.56 Å². The summed E-state index contributed by atoms with van der Waals surface area (Å²) < 4.78 is 50.0. The minimum Gasteiger partial charge on any atom is -0.478 e. The van der Waals surface area contributed by atoms with Gasteiger partial charge in [-0.1, -0.05) is 12.1 Å². The van der Waals surface area contributed by atoms with Crippen LogP contribution in [0.3, 0.4) is 0 Å². The molecule has 0 aliphatic rings. The van der Waals surface area contributed by atoms with Crippen LogP contribution in [-0.2, 0) is 11.0 Å². The summed E-state index contributed by atoms with van der Waals surface area (Å²) in [5.41, 5.74) is -1.84. The Labute approximate surface area is 100.0 Å². The first-order valence-corrected chi connectivity index (χ1v) is 4.09. The number of benzene rings is 1. The van der Waals surface area contributed by atoms with E-state index in [0.717, 1.165) is 18.2 Å². The van der Waals surface area contributed by atoms with Crippen molar-refractivity contribution in [3.05, 3.63) is 41.2 Å². The van der Waals surface area contributed by atoms with Gasteiger partial charge in [-0.05, 0) is 12.1 Å². The summed E-state index contributed by atoms with van der Waals surface area (Å²) in [5, 5.41) is 8.26. The van der Waals surface area contributed by atoms with Crippen LogP contribution in [0.5, 0.6) is 0 Å². The van der Waals surface area contributed by atoms with E-state index in [1.165, 1.54) is 0 Å². The average molecular weight is 271 g/mol. The SMILES string of the molecule is Cl.O=C(O)C=Cc1cccc(C(F)(F)F)c1F. The highest BCUT2D eigenvalue weighted by Gasteiger charge is 2.34. The van der Waals surface area contributed by atoms with Gasteiger partial charge in [0.1, 0.15) is 5.82 Å². The van der Waals surface area contributed by atoms with Crippen LogP contribution in [0.25, 0.3) is 6.08 Å². The van der Waals surface area contributed by atoms with E-state index in [0.29, 0.717) is 12.1 Å². The predicted molar refractivity (Wildman–Crippen MR) is 55.3 cm³/mol. The largest absolute Gasteiger partial charge is 0.478 e. The summed E-state index contributed by atoms with van der Waals surface area (Å²) in [4.78, 5) is 10.1. The number of rotatable bonds is 2. The van der Waals surface area contributed by atoms with Crippen molar-refractivity contribution >= 4 is 24.5 Å². The van der Waals surface area contributed by atoms with Crippen molar-refractivity contribution in [2.75, 3.05) is 0 Å². The molecule has 0 fully saturated rings. The van der Waals surface area contributed by atoms with Crippen LogP contribution in [0.1, 0.15) is 11.1 Å². The molecule has 0 aliphatic carbocycles. The van der Waals surface area contributed by atoms with Crippen molar-refractivity contribution in [2.24, 2.45) is 0 Å². The molecule has 1 rings (SSSR count). The van der Waals surface area contributed by atoms with Crippen LogP contribution in [0, 0.1) is 5.82 Å². The summed E-state index contributed by atoms with van der Waals surface area (Å²) in [5.74, 6) is -2.84. The molecule has 0 amide bonds. The molecule has 0 saturated carbocycles. The van der Waals surface area contributed by atoms with Gasteiger partial charge in [0.2, 0.25) is 0 Å². The molecular weight excluding hydrogens is 264 g/mol. The Morgan fingerprint density at radius 2 is 1.88 bits per heavy atom. The lowest BCUT2D eigenvalue weighted by molar-refractivity contribution is -0.140. The number of carbonyl (C=O) groups is 1. The summed E-state index contributed by atoms with van der Waals surface area (Å²) in [7, 11) is 0. The predicted octanol–water partition coefficient (Wildman–Crippen LogP) is 3.36. The zero-order valence-electron chi connectivity index (χ0n) is 8.16. The van der Waals surface area contributed by atoms with Gasteiger partial charge in [0.25, 0.3) is 0 Å². The maximum atomic E-state index is 13.3. The van der Waals surface area contributed by atoms with Crippen molar-refractivity contribution in [1.29, 1.82) is 0 Å². The number of hydrogen-bond acceptors (Lipinski definition) is 1. The molecule has 7 heteroatoms. The van der Waals surface area contributed by atoms with E-state index in [4.69, 9.17) is 5.11 Å². The first-order chi connectivity index (χ1) is 7.32. The molecule has 0 saturated heterocycles. The second-order valence-electron chi connectivity index (χ2n) is 2.88. The molecule has 1 aromatic carbocycles. The summed E-state index contributed by atoms with van der Waals surface area (Å²) in [6.07, 6.45) is -3.46. The maximum absolute atomic E-state index is 13.3. The molecule has 0 spiro atoms. The van der Waals surface area contributed by atoms with Gasteiger partial charge < -0.3 is 5.11 Å². The number of aliphatic carboxylic acids is 1. The van der Waals surface area contributed by atoms with Crippen LogP contribution in [0.2, 0.25) is 0 Å². The first kappa shape index (κ1) is 15.4. The molecule has 17 heavy (non-hydrogen) atoms. The Balaban J connectivity index is 0.00000256. The highest BCUT2D eigenvalue weighted by atomic mass is 35.5. The normalized spacial score (nSPS) is 11.3. The lowest BCUT2D eigenvalue weighted by Gasteiger charge is -2.08. The van der Waals surface area contributed by atoms with E-state index in [9.17, 15) is 22.4 Å². The number of hydrogen-bond donors (Lipinski definition) is 1. The van der Waals surface area contributed by atoms with E-state index in [1.54, 1.807) is 0 Å². The van der Waals surface area contributed by atoms with Crippen molar-refractivity contribution < 1.29 is 27.5 Å². The Morgan fingerprint density at radius 1 is 1.29 bits per heavy atom. The fourth-order valence-corrected chi connectivity index (χ4v) is 1.06. The van der Waals surface area contributed by atoms with Gasteiger partial charge in [-0.2, -0.15) is 13.2 Å². The van der Waals surface area contributed by atoms with Crippen LogP contribution in [0.4, 0.5) is 17.6 Å². The number of carboxylic acid groups (broad SMARTS) is 1. The lowest BCUT2D eigenvalue weighted by atomic mass is 10.1. The van der Waals surface area contributed by atoms with E-state index in [1.807, 2.05) is 0 Å². The maximum Gasteiger partial charge on any atom is 0.419 e. The molecule has 1 aromatic rings. The first-order valence-electron chi connectivity index (χ1n) is 4.09. The van der Waals surface area contributed by atoms with Crippen LogP contribution in [-0.4, -0.2) is 11.1 Å². The molecule has 0 bridgehead atoms. The summed E-state index contributed by atoms with van der Waals surface area (Å²) in [6, 6.07) is 2.66. The fraction of sp³-hybridized carbons (Fsp3) is 0.100. The smallest absolute Gasteiger partial charge is 0.419 e. The molecule has 0 heterocycles. The molecular formula is C10H7ClF4O2. The third-order valence-corrected chi connectivity index (χ3v) is 1.74. The van der Waals surface area contributed by atoms with Gasteiger partial charge >= 0.3 is 12.1 Å². The van der Waals surface area contributed by atoms with Gasteiger partial charge in [0, 0.05) is 11.6 Å². The van der Waals surface area contributed by atoms with Crippen molar-refractivity contribution in [3.8, 4) is 0 Å². The van der Waals surface area contributed by atoms with E-state index >= 15 is 0 Å². The van der Waals surface area contributed by atoms with Crippen molar-refractivity contribution in [1.82, 2.24) is 0 Å². The van der Waals surface area contributed by atoms with E-state index in [-0.39, 0.29) is 12.4 Å². The third-order valence-electron chi connectivity index (χ3n) is 1.74. The molecule has 0 aromatic heterocycles. The number of halogens is 5. The van der Waals surface area contributed by atoms with Crippen LogP contribution in [0.15, 0.2) is 24.3 Å². The topological polar surface area (TPSA) is 37.3 Å². The van der Waals surface area contributed by atoms with E-state index in [2.05, 4.69) is 0 Å². The van der Waals surface area contributed by atoms with Crippen molar-refractivity contribution in [2.45, 2.75) is 6.18 Å². The molecule has 0 aliphatic heterocycles. The highest BCUT2D eigenvalue weighted by Crippen LogP contribution is 2.32. The monoisotopic (exact) mass is 270 g/mol. The molecule has 2 nitrogen and oxygen atoms in total. The molecule has 1 N–H and O–H groups in total. The molecule has 0 atom stereocenters. The second kappa shape index (κ2) is 5.67. The summed E-state index contributed by atoms with van der Waals surface area (Å²) in [6.45, 7) is 0. The highest BCUT2D eigenvalue weighted by molar-refractivity contribution is 5.85. The molecule has 0 radical (unpaired) electrons. The van der Waals surface area contributed by atoms with Gasteiger partial charge in [-0.15, -0.1) is 12.4 Å². The minimum atomic E-state index is -4.79. The zero-order valence-corrected chi connectivity index (χ0v) is 8.98. The fourth-order valence-electron chi connectivity index (χ4n) is 1.06. The summed E-state index contributed by atoms with van der Waals surface area (Å²) >= 11 is 0. The van der Waals surface area contributed by atoms with Gasteiger partial charge in [0.15, 0.2) is 0 Å². The van der Waals surface area contributed by atoms with Crippen molar-refractivity contribution in [3.63, 3.8) is 0 Å². The second-order valence-corrected chi connectivity index (χ2v) is 2.88. The Hall–Kier alpha value is -1.56. The Kier molecular flexibility index (Phi) is 5.15. The average Bonchev–Trinajstić information content (AvgIpc) is 2.14. The van der Waals surface area contributed by atoms with Gasteiger partial charge in [-0.25, -0.2) is 9.18 Å². The quantitative estimate of drug-likeness (QED) is 0.661. The Morgan fingerprint density at radius 3 is 2.35 bits per heavy atom. The van der Waals surface area contributed by atoms with Crippen LogP contribution < -0.4 is 0 Å². The lowest BCUT2D eigenvalue weighted by Crippen LogP contribution is -2.08. The Bertz CT molecular complexity index is 440. The molecule has 0 unspecified atom stereocenters.